The quantitative estimate of drug-likeness (QED) is 0.0547. The van der Waals surface area contributed by atoms with Crippen molar-refractivity contribution in [3.8, 4) is 0 Å². The van der Waals surface area contributed by atoms with Crippen LogP contribution in [0.1, 0.15) is 174 Å². The Morgan fingerprint density at radius 1 is 0.500 bits per heavy atom. The van der Waals surface area contributed by atoms with Crippen LogP contribution in [0.15, 0.2) is 48.6 Å². The molecule has 3 heteroatoms. The molecule has 3 nitrogen and oxygen atoms in total. The molecule has 0 aromatic rings. The van der Waals surface area contributed by atoms with E-state index in [9.17, 15) is 9.59 Å². The van der Waals surface area contributed by atoms with Gasteiger partial charge in [-0.05, 0) is 91.1 Å². The van der Waals surface area contributed by atoms with Gasteiger partial charge in [-0.3, -0.25) is 9.59 Å². The lowest BCUT2D eigenvalue weighted by Crippen LogP contribution is -2.29. The molecule has 0 aliphatic rings. The predicted octanol–water partition coefficient (Wildman–Crippen LogP) is 12.3. The summed E-state index contributed by atoms with van der Waals surface area (Å²) in [6.07, 6.45) is 46.3. The summed E-state index contributed by atoms with van der Waals surface area (Å²) in [4.78, 5) is 27.7. The molecule has 0 saturated carbocycles. The zero-order chi connectivity index (χ0) is 32.4. The molecule has 0 saturated heterocycles. The third kappa shape index (κ3) is 31.7. The highest BCUT2D eigenvalue weighted by Crippen LogP contribution is 2.17. The van der Waals surface area contributed by atoms with Gasteiger partial charge in [0.2, 0.25) is 0 Å². The molecular weight excluding hydrogens is 538 g/mol. The van der Waals surface area contributed by atoms with E-state index >= 15 is 0 Å². The van der Waals surface area contributed by atoms with Crippen molar-refractivity contribution in [1.82, 2.24) is 4.90 Å². The fourth-order valence-electron chi connectivity index (χ4n) is 5.55. The first kappa shape index (κ1) is 42.3. The highest BCUT2D eigenvalue weighted by molar-refractivity contribution is 5.88. The van der Waals surface area contributed by atoms with Gasteiger partial charge in [0.25, 0.3) is 0 Å². The Bertz CT molecular complexity index is 761. The third-order valence-corrected chi connectivity index (χ3v) is 8.30. The molecule has 0 aliphatic heterocycles. The summed E-state index contributed by atoms with van der Waals surface area (Å²) in [5, 5.41) is 0. The van der Waals surface area contributed by atoms with Gasteiger partial charge < -0.3 is 4.90 Å². The smallest absolute Gasteiger partial charge is 0.137 e. The maximum Gasteiger partial charge on any atom is 0.137 e. The molecule has 44 heavy (non-hydrogen) atoms. The van der Waals surface area contributed by atoms with E-state index in [1.807, 2.05) is 14.1 Å². The number of nitrogens with zero attached hydrogens (tertiary/aromatic N) is 1. The van der Waals surface area contributed by atoms with E-state index in [1.165, 1.54) is 89.9 Å². The molecule has 1 unspecified atom stereocenters. The molecule has 0 aromatic heterocycles. The van der Waals surface area contributed by atoms with Crippen molar-refractivity contribution in [2.75, 3.05) is 20.6 Å². The van der Waals surface area contributed by atoms with Crippen molar-refractivity contribution < 1.29 is 9.59 Å². The molecule has 254 valence electrons. The second kappa shape index (κ2) is 34.1. The van der Waals surface area contributed by atoms with Gasteiger partial charge in [-0.15, -0.1) is 0 Å². The van der Waals surface area contributed by atoms with Crippen LogP contribution in [0.25, 0.3) is 0 Å². The van der Waals surface area contributed by atoms with Gasteiger partial charge in [-0.25, -0.2) is 0 Å². The SMILES string of the molecule is CCCCC/C=C\C/C=C\CCCCCCCC(=O)CC(CN(C)C)C(=O)CCCCCCC/C=C\C/C=C\CCCCC. The van der Waals surface area contributed by atoms with E-state index in [-0.39, 0.29) is 17.5 Å². The number of hydrogen-bond donors (Lipinski definition) is 0. The van der Waals surface area contributed by atoms with E-state index < -0.39 is 0 Å². The monoisotopic (exact) mass is 612 g/mol. The number of rotatable bonds is 33. The number of ketones is 2. The number of Topliss-reactive ketones (excluding diaryl/α,β-unsaturated/α-hetero) is 2. The average Bonchev–Trinajstić information content (AvgIpc) is 3.00. The summed E-state index contributed by atoms with van der Waals surface area (Å²) in [5.41, 5.74) is 0. The molecule has 0 radical (unpaired) electrons. The van der Waals surface area contributed by atoms with E-state index in [0.29, 0.717) is 25.8 Å². The van der Waals surface area contributed by atoms with Crippen LogP contribution in [-0.2, 0) is 9.59 Å². The Labute approximate surface area is 275 Å². The number of carbonyl (C=O) groups excluding carboxylic acids is 2. The third-order valence-electron chi connectivity index (χ3n) is 8.30. The minimum absolute atomic E-state index is 0.138. The molecule has 0 heterocycles. The fraction of sp³-hybridized carbons (Fsp3) is 0.756. The molecule has 0 rings (SSSR count). The van der Waals surface area contributed by atoms with Gasteiger partial charge in [0.05, 0.1) is 0 Å². The maximum absolute atomic E-state index is 13.0. The highest BCUT2D eigenvalue weighted by atomic mass is 16.1. The van der Waals surface area contributed by atoms with Gasteiger partial charge in [0.15, 0.2) is 0 Å². The first-order valence-electron chi connectivity index (χ1n) is 18.8. The number of allylic oxidation sites excluding steroid dienone is 8. The van der Waals surface area contributed by atoms with E-state index in [2.05, 4.69) is 67.4 Å². The normalized spacial score (nSPS) is 13.0. The second-order valence-corrected chi connectivity index (χ2v) is 13.1. The van der Waals surface area contributed by atoms with Crippen molar-refractivity contribution in [2.24, 2.45) is 5.92 Å². The molecular formula is C41H73NO2. The zero-order valence-electron chi connectivity index (χ0n) is 29.8. The average molecular weight is 612 g/mol. The second-order valence-electron chi connectivity index (χ2n) is 13.1. The highest BCUT2D eigenvalue weighted by Gasteiger charge is 2.21. The topological polar surface area (TPSA) is 37.4 Å². The van der Waals surface area contributed by atoms with Gasteiger partial charge in [0.1, 0.15) is 11.6 Å². The van der Waals surface area contributed by atoms with Crippen molar-refractivity contribution in [2.45, 2.75) is 174 Å². The van der Waals surface area contributed by atoms with Crippen LogP contribution in [0.5, 0.6) is 0 Å². The Balaban J connectivity index is 3.89. The lowest BCUT2D eigenvalue weighted by molar-refractivity contribution is -0.128. The molecule has 0 N–H and O–H groups in total. The largest absolute Gasteiger partial charge is 0.309 e. The van der Waals surface area contributed by atoms with Gasteiger partial charge >= 0.3 is 0 Å². The summed E-state index contributed by atoms with van der Waals surface area (Å²) in [6, 6.07) is 0. The Morgan fingerprint density at radius 3 is 1.32 bits per heavy atom. The van der Waals surface area contributed by atoms with Gasteiger partial charge in [0, 0.05) is 31.7 Å². The minimum Gasteiger partial charge on any atom is -0.309 e. The summed E-state index contributed by atoms with van der Waals surface area (Å²) in [7, 11) is 4.01. The Hall–Kier alpha value is -1.74. The van der Waals surface area contributed by atoms with E-state index in [1.54, 1.807) is 0 Å². The number of carbonyl (C=O) groups is 2. The molecule has 0 bridgehead atoms. The van der Waals surface area contributed by atoms with E-state index in [4.69, 9.17) is 0 Å². The van der Waals surface area contributed by atoms with Gasteiger partial charge in [-0.1, -0.05) is 127 Å². The first-order valence-corrected chi connectivity index (χ1v) is 18.8. The summed E-state index contributed by atoms with van der Waals surface area (Å²) in [6.45, 7) is 5.18. The lowest BCUT2D eigenvalue weighted by Gasteiger charge is -2.19. The zero-order valence-corrected chi connectivity index (χ0v) is 29.8. The van der Waals surface area contributed by atoms with Crippen molar-refractivity contribution in [1.29, 1.82) is 0 Å². The lowest BCUT2D eigenvalue weighted by atomic mass is 9.91. The van der Waals surface area contributed by atoms with Crippen LogP contribution in [0.4, 0.5) is 0 Å². The fourth-order valence-corrected chi connectivity index (χ4v) is 5.55. The van der Waals surface area contributed by atoms with Crippen molar-refractivity contribution in [3.63, 3.8) is 0 Å². The summed E-state index contributed by atoms with van der Waals surface area (Å²) in [5.74, 6) is 0.426. The van der Waals surface area contributed by atoms with Crippen LogP contribution in [-0.4, -0.2) is 37.1 Å². The van der Waals surface area contributed by atoms with E-state index in [0.717, 1.165) is 51.4 Å². The molecule has 0 aromatic carbocycles. The molecule has 0 amide bonds. The maximum atomic E-state index is 13.0. The number of hydrogen-bond acceptors (Lipinski definition) is 3. The standard InChI is InChI=1S/C41H73NO2/c1-5-7-9-11-13-15-17-19-21-23-25-27-29-31-33-35-40(43)37-39(38-42(3)4)41(44)36-34-32-30-28-26-24-22-20-18-16-14-12-10-8-6-2/h13-16,19-22,39H,5-12,17-18,23-38H2,1-4H3/b15-13-,16-14-,21-19-,22-20-. The van der Waals surface area contributed by atoms with Crippen LogP contribution >= 0.6 is 0 Å². The minimum atomic E-state index is -0.138. The summed E-state index contributed by atoms with van der Waals surface area (Å²) >= 11 is 0. The molecule has 0 fully saturated rings. The first-order chi connectivity index (χ1) is 21.5. The van der Waals surface area contributed by atoms with Crippen molar-refractivity contribution >= 4 is 11.6 Å². The van der Waals surface area contributed by atoms with Gasteiger partial charge in [-0.2, -0.15) is 0 Å². The molecule has 0 aliphatic carbocycles. The number of unbranched alkanes of at least 4 members (excludes halogenated alkanes) is 16. The van der Waals surface area contributed by atoms with Crippen LogP contribution in [0.3, 0.4) is 0 Å². The van der Waals surface area contributed by atoms with Crippen LogP contribution < -0.4 is 0 Å². The van der Waals surface area contributed by atoms with Crippen molar-refractivity contribution in [3.05, 3.63) is 48.6 Å². The predicted molar refractivity (Wildman–Crippen MR) is 195 cm³/mol. The van der Waals surface area contributed by atoms with Crippen LogP contribution in [0, 0.1) is 5.92 Å². The summed E-state index contributed by atoms with van der Waals surface area (Å²) < 4.78 is 0. The Morgan fingerprint density at radius 2 is 0.886 bits per heavy atom. The molecule has 0 spiro atoms. The molecule has 1 atom stereocenters. The Kier molecular flexibility index (Phi) is 32.8. The van der Waals surface area contributed by atoms with Crippen LogP contribution in [0.2, 0.25) is 0 Å².